The molecule has 6 aromatic rings. The van der Waals surface area contributed by atoms with E-state index in [2.05, 4.69) is 59.2 Å². The van der Waals surface area contributed by atoms with Gasteiger partial charge in [0, 0.05) is 28.6 Å². The molecule has 7 N–H and O–H groups in total. The van der Waals surface area contributed by atoms with Crippen molar-refractivity contribution in [2.24, 2.45) is 20.5 Å². The zero-order valence-corrected chi connectivity index (χ0v) is 31.8. The Morgan fingerprint density at radius 1 is 0.610 bits per heavy atom. The summed E-state index contributed by atoms with van der Waals surface area (Å²) in [7, 11) is -9.62. The quantitative estimate of drug-likeness (QED) is 0.0320. The lowest BCUT2D eigenvalue weighted by Gasteiger charge is -2.10. The van der Waals surface area contributed by atoms with Crippen molar-refractivity contribution in [3.05, 3.63) is 121 Å². The van der Waals surface area contributed by atoms with Crippen LogP contribution in [0, 0.1) is 0 Å². The van der Waals surface area contributed by atoms with Gasteiger partial charge in [0.25, 0.3) is 20.2 Å². The molecular weight excluding hydrogens is 811 g/mol. The molecule has 0 unspecified atom stereocenters. The van der Waals surface area contributed by atoms with Crippen LogP contribution in [-0.4, -0.2) is 81.3 Å². The smallest absolute Gasteiger partial charge is 0.335 e. The zero-order valence-electron chi connectivity index (χ0n) is 30.2. The molecule has 59 heavy (non-hydrogen) atoms. The van der Waals surface area contributed by atoms with Gasteiger partial charge in [-0.25, -0.2) is 9.59 Å². The fourth-order valence-electron chi connectivity index (χ4n) is 5.18. The molecule has 0 bridgehead atoms. The van der Waals surface area contributed by atoms with Crippen LogP contribution in [0.5, 0.6) is 0 Å². The highest BCUT2D eigenvalue weighted by atomic mass is 32.2. The van der Waals surface area contributed by atoms with E-state index in [4.69, 9.17) is 0 Å². The van der Waals surface area contributed by atoms with Crippen LogP contribution in [0.3, 0.4) is 0 Å². The van der Waals surface area contributed by atoms with E-state index < -0.39 is 42.0 Å². The van der Waals surface area contributed by atoms with Crippen LogP contribution in [0.2, 0.25) is 0 Å². The van der Waals surface area contributed by atoms with Crippen LogP contribution in [0.1, 0.15) is 20.7 Å². The van der Waals surface area contributed by atoms with E-state index in [0.717, 1.165) is 18.2 Å². The summed E-state index contributed by atoms with van der Waals surface area (Å²) in [5.74, 6) is -2.19. The van der Waals surface area contributed by atoms with Crippen molar-refractivity contribution < 1.29 is 50.8 Å². The minimum absolute atomic E-state index is 0.0299. The summed E-state index contributed by atoms with van der Waals surface area (Å²) in [5.41, 5.74) is 1.03. The van der Waals surface area contributed by atoms with Gasteiger partial charge in [-0.05, 0) is 84.9 Å². The second-order valence-corrected chi connectivity index (χ2v) is 14.5. The summed E-state index contributed by atoms with van der Waals surface area (Å²) >= 11 is 0. The van der Waals surface area contributed by atoms with Crippen molar-refractivity contribution in [3.63, 3.8) is 0 Å². The molecule has 0 aliphatic rings. The van der Waals surface area contributed by atoms with Crippen LogP contribution < -0.4 is 10.6 Å². The first-order valence-electron chi connectivity index (χ1n) is 16.6. The Morgan fingerprint density at radius 3 is 1.68 bits per heavy atom. The number of carbonyl (C=O) groups is 2. The number of carboxylic acid groups (broad SMARTS) is 2. The van der Waals surface area contributed by atoms with Gasteiger partial charge >= 0.3 is 11.9 Å². The Labute approximate surface area is 334 Å². The Morgan fingerprint density at radius 2 is 1.14 bits per heavy atom. The molecule has 20 nitrogen and oxygen atoms in total. The third-order valence-corrected chi connectivity index (χ3v) is 9.52. The normalized spacial score (nSPS) is 11.6. The maximum atomic E-state index is 12.1. The molecule has 1 heterocycles. The van der Waals surface area contributed by atoms with Crippen LogP contribution in [0.15, 0.2) is 140 Å². The van der Waals surface area contributed by atoms with Crippen molar-refractivity contribution in [3.8, 4) is 11.4 Å². The number of azo groups is 2. The minimum atomic E-state index is -4.85. The topological polar surface area (TPSA) is 316 Å². The molecular formula is C37H31N9O11S2. The van der Waals surface area contributed by atoms with Crippen molar-refractivity contribution in [2.75, 3.05) is 23.8 Å². The van der Waals surface area contributed by atoms with E-state index in [0.29, 0.717) is 16.9 Å². The van der Waals surface area contributed by atoms with Gasteiger partial charge < -0.3 is 26.0 Å². The lowest BCUT2D eigenvalue weighted by molar-refractivity contribution is 0.0696. The Bertz CT molecular complexity index is 2810. The van der Waals surface area contributed by atoms with E-state index in [1.165, 1.54) is 30.3 Å². The number of anilines is 3. The molecule has 0 fully saturated rings. The molecule has 0 radical (unpaired) electrons. The second kappa shape index (κ2) is 18.3. The van der Waals surface area contributed by atoms with E-state index in [-0.39, 0.29) is 69.8 Å². The lowest BCUT2D eigenvalue weighted by Crippen LogP contribution is -2.11. The monoisotopic (exact) mass is 841 g/mol. The Balaban J connectivity index is 0.00000326. The predicted molar refractivity (Wildman–Crippen MR) is 214 cm³/mol. The van der Waals surface area contributed by atoms with Gasteiger partial charge in [0.2, 0.25) is 11.9 Å². The standard InChI is InChI=1S/C35H27N9O11S2.C2H4/c45-13-12-36-34-38-31(39-35(40-34)37-22-8-10-24(11-9-22)42-43-25-15-20(32(46)47)14-21(16-25)33(48)49)19-4-6-23(7-5-19)41-44-26-17-28-27(30(18-26)57(53,54)55)2-1-3-29(28)56(50,51)52;1-2/h1-11,14-18,45H,12-13H2,(H,46,47)(H,48,49)(H,50,51,52)(H,53,54,55)(H2,36,37,38,39,40);1-2H2. The third-order valence-electron chi connectivity index (χ3n) is 7.71. The van der Waals surface area contributed by atoms with E-state index in [1.807, 2.05) is 0 Å². The third kappa shape index (κ3) is 10.9. The molecule has 0 saturated heterocycles. The van der Waals surface area contributed by atoms with E-state index in [1.54, 1.807) is 48.5 Å². The van der Waals surface area contributed by atoms with Crippen molar-refractivity contribution in [1.82, 2.24) is 15.0 Å². The molecule has 0 saturated carbocycles. The highest BCUT2D eigenvalue weighted by molar-refractivity contribution is 7.86. The number of nitrogens with zero attached hydrogens (tertiary/aromatic N) is 7. The average Bonchev–Trinajstić information content (AvgIpc) is 3.21. The van der Waals surface area contributed by atoms with Crippen molar-refractivity contribution in [2.45, 2.75) is 9.79 Å². The van der Waals surface area contributed by atoms with Gasteiger partial charge in [-0.15, -0.1) is 13.2 Å². The Kier molecular flexibility index (Phi) is 13.2. The number of aromatic nitrogens is 3. The number of carboxylic acids is 2. The average molecular weight is 842 g/mol. The van der Waals surface area contributed by atoms with Gasteiger partial charge in [-0.3, -0.25) is 9.11 Å². The summed E-state index contributed by atoms with van der Waals surface area (Å²) in [4.78, 5) is 34.8. The first-order valence-corrected chi connectivity index (χ1v) is 19.5. The van der Waals surface area contributed by atoms with Gasteiger partial charge in [0.15, 0.2) is 5.82 Å². The fraction of sp³-hybridized carbons (Fsp3) is 0.0541. The molecule has 0 atom stereocenters. The van der Waals surface area contributed by atoms with Crippen LogP contribution >= 0.6 is 0 Å². The molecule has 0 amide bonds. The Hall–Kier alpha value is -7.37. The molecule has 0 spiro atoms. The van der Waals surface area contributed by atoms with Crippen LogP contribution in [-0.2, 0) is 20.2 Å². The summed E-state index contributed by atoms with van der Waals surface area (Å²) in [5, 5.41) is 49.6. The fourth-order valence-corrected chi connectivity index (χ4v) is 6.60. The molecule has 5 aromatic carbocycles. The molecule has 22 heteroatoms. The summed E-state index contributed by atoms with van der Waals surface area (Å²) < 4.78 is 67.8. The largest absolute Gasteiger partial charge is 0.478 e. The maximum Gasteiger partial charge on any atom is 0.335 e. The summed E-state index contributed by atoms with van der Waals surface area (Å²) in [6.45, 7) is 5.92. The molecule has 6 rings (SSSR count). The van der Waals surface area contributed by atoms with Crippen molar-refractivity contribution >= 4 is 83.3 Å². The summed E-state index contributed by atoms with van der Waals surface area (Å²) in [6, 6.07) is 21.9. The SMILES string of the molecule is C=C.O=C(O)c1cc(N=Nc2ccc(Nc3nc(NCCO)nc(-c4ccc(N=Nc5cc(S(=O)(=O)O)c6cccc(S(=O)(=O)O)c6c5)cc4)n3)cc2)cc(C(=O)O)c1. The van der Waals surface area contributed by atoms with E-state index >= 15 is 0 Å². The summed E-state index contributed by atoms with van der Waals surface area (Å²) in [6.07, 6.45) is 0. The first kappa shape index (κ1) is 42.8. The molecule has 0 aliphatic carbocycles. The van der Waals surface area contributed by atoms with Gasteiger partial charge in [0.05, 0.1) is 40.5 Å². The number of rotatable bonds is 14. The number of hydrogen-bond acceptors (Lipinski definition) is 16. The minimum Gasteiger partial charge on any atom is -0.478 e. The number of nitrogens with one attached hydrogen (secondary N) is 2. The van der Waals surface area contributed by atoms with Crippen molar-refractivity contribution in [1.29, 1.82) is 0 Å². The molecule has 1 aromatic heterocycles. The highest BCUT2D eigenvalue weighted by Gasteiger charge is 2.21. The molecule has 302 valence electrons. The van der Waals surface area contributed by atoms with Crippen LogP contribution in [0.4, 0.5) is 40.3 Å². The predicted octanol–water partition coefficient (Wildman–Crippen LogP) is 7.36. The molecule has 0 aliphatic heterocycles. The number of benzene rings is 5. The lowest BCUT2D eigenvalue weighted by atomic mass is 10.1. The van der Waals surface area contributed by atoms with Gasteiger partial charge in [-0.2, -0.15) is 52.2 Å². The number of aliphatic hydroxyl groups is 1. The van der Waals surface area contributed by atoms with Gasteiger partial charge in [-0.1, -0.05) is 12.1 Å². The number of hydrogen-bond donors (Lipinski definition) is 7. The number of aromatic carboxylic acids is 2. The highest BCUT2D eigenvalue weighted by Crippen LogP contribution is 2.34. The number of aliphatic hydroxyl groups excluding tert-OH is 1. The number of fused-ring (bicyclic) bond motifs is 1. The second-order valence-electron chi connectivity index (χ2n) is 11.7. The maximum absolute atomic E-state index is 12.1. The van der Waals surface area contributed by atoms with Gasteiger partial charge in [0.1, 0.15) is 9.79 Å². The first-order chi connectivity index (χ1) is 28.1. The zero-order chi connectivity index (χ0) is 42.9. The van der Waals surface area contributed by atoms with Crippen LogP contribution in [0.25, 0.3) is 22.2 Å². The van der Waals surface area contributed by atoms with E-state index in [9.17, 15) is 50.8 Å².